The first-order valence-electron chi connectivity index (χ1n) is 28.5. The summed E-state index contributed by atoms with van der Waals surface area (Å²) in [5, 5.41) is 4.90. The van der Waals surface area contributed by atoms with Crippen LogP contribution in [-0.4, -0.2) is 0 Å². The third kappa shape index (κ3) is 6.31. The molecular weight excluding hydrogens is 965 g/mol. The SMILES string of the molecule is CC1(C)c2ccccc2-c2ccc(N(c3ccc4c(c3)C(C)(C3(C)c5ccccc5-c5ccc(N(c6ccc7c(c6)C(C)(C)c6ccccc6-7)c6ccc7ccccc7c6)cc53)c3ccccc3-4)c3ccc4ccccc4c3)cc21. The van der Waals surface area contributed by atoms with E-state index in [4.69, 9.17) is 0 Å². The Kier molecular flexibility index (Phi) is 9.74. The van der Waals surface area contributed by atoms with Gasteiger partial charge in [0.25, 0.3) is 0 Å². The molecule has 2 heteroatoms. The molecule has 4 aliphatic rings. The van der Waals surface area contributed by atoms with E-state index >= 15 is 0 Å². The average Bonchev–Trinajstić information content (AvgIpc) is 4.26. The van der Waals surface area contributed by atoms with E-state index in [0.717, 1.165) is 34.1 Å². The Morgan fingerprint density at radius 1 is 0.200 bits per heavy atom. The van der Waals surface area contributed by atoms with Crippen molar-refractivity contribution in [3.8, 4) is 44.5 Å². The second kappa shape index (κ2) is 16.6. The van der Waals surface area contributed by atoms with Crippen molar-refractivity contribution in [3.63, 3.8) is 0 Å². The Labute approximate surface area is 469 Å². The van der Waals surface area contributed by atoms with Crippen LogP contribution in [-0.2, 0) is 21.7 Å². The highest BCUT2D eigenvalue weighted by molar-refractivity contribution is 5.96. The molecule has 0 aromatic heterocycles. The Morgan fingerprint density at radius 2 is 0.450 bits per heavy atom. The van der Waals surface area contributed by atoms with Crippen LogP contribution in [0, 0.1) is 0 Å². The fourth-order valence-electron chi connectivity index (χ4n) is 15.5. The molecule has 2 nitrogen and oxygen atoms in total. The number of rotatable bonds is 7. The topological polar surface area (TPSA) is 6.48 Å². The van der Waals surface area contributed by atoms with Crippen LogP contribution in [0.5, 0.6) is 0 Å². The lowest BCUT2D eigenvalue weighted by atomic mass is 9.56. The fourth-order valence-corrected chi connectivity index (χ4v) is 15.5. The van der Waals surface area contributed by atoms with Gasteiger partial charge in [-0.2, -0.15) is 0 Å². The lowest BCUT2D eigenvalue weighted by Crippen LogP contribution is -2.44. The molecule has 0 bridgehead atoms. The van der Waals surface area contributed by atoms with Crippen LogP contribution < -0.4 is 9.80 Å². The van der Waals surface area contributed by atoms with Gasteiger partial charge < -0.3 is 9.80 Å². The normalized spacial score (nSPS) is 17.9. The van der Waals surface area contributed by atoms with E-state index in [-0.39, 0.29) is 10.8 Å². The molecule has 382 valence electrons. The van der Waals surface area contributed by atoms with Gasteiger partial charge in [-0.1, -0.05) is 224 Å². The van der Waals surface area contributed by atoms with Gasteiger partial charge in [0, 0.05) is 55.8 Å². The van der Waals surface area contributed by atoms with Crippen LogP contribution in [0.3, 0.4) is 0 Å². The van der Waals surface area contributed by atoms with E-state index in [2.05, 4.69) is 306 Å². The summed E-state index contributed by atoms with van der Waals surface area (Å²) in [4.78, 5) is 5.04. The third-order valence-corrected chi connectivity index (χ3v) is 19.7. The number of anilines is 6. The Hall–Kier alpha value is -9.24. The molecule has 0 spiro atoms. The minimum atomic E-state index is -0.525. The molecule has 4 aliphatic carbocycles. The summed E-state index contributed by atoms with van der Waals surface area (Å²) in [7, 11) is 0. The fraction of sp³-hybridized carbons (Fsp3) is 0.128. The van der Waals surface area contributed by atoms with Crippen LogP contribution in [0.2, 0.25) is 0 Å². The Morgan fingerprint density at radius 3 is 0.825 bits per heavy atom. The van der Waals surface area contributed by atoms with Gasteiger partial charge in [-0.3, -0.25) is 0 Å². The van der Waals surface area contributed by atoms with Crippen LogP contribution >= 0.6 is 0 Å². The van der Waals surface area contributed by atoms with Crippen molar-refractivity contribution >= 4 is 55.7 Å². The van der Waals surface area contributed by atoms with Crippen molar-refractivity contribution in [1.29, 1.82) is 0 Å². The number of benzene rings is 12. The molecule has 12 aromatic rings. The Bertz CT molecular complexity index is 4320. The minimum Gasteiger partial charge on any atom is -0.310 e. The van der Waals surface area contributed by atoms with Crippen molar-refractivity contribution in [2.45, 2.75) is 63.2 Å². The highest BCUT2D eigenvalue weighted by atomic mass is 15.1. The van der Waals surface area contributed by atoms with Gasteiger partial charge in [0.15, 0.2) is 0 Å². The summed E-state index contributed by atoms with van der Waals surface area (Å²) in [5.74, 6) is 0. The number of hydrogen-bond donors (Lipinski definition) is 0. The van der Waals surface area contributed by atoms with Crippen LogP contribution in [0.4, 0.5) is 34.1 Å². The zero-order chi connectivity index (χ0) is 53.9. The molecule has 0 amide bonds. The van der Waals surface area contributed by atoms with Crippen molar-refractivity contribution in [2.24, 2.45) is 0 Å². The first kappa shape index (κ1) is 46.8. The van der Waals surface area contributed by atoms with E-state index in [1.165, 1.54) is 111 Å². The van der Waals surface area contributed by atoms with E-state index < -0.39 is 10.8 Å². The molecule has 0 fully saturated rings. The zero-order valence-corrected chi connectivity index (χ0v) is 46.1. The average molecular weight is 1030 g/mol. The highest BCUT2D eigenvalue weighted by Gasteiger charge is 2.58. The summed E-state index contributed by atoms with van der Waals surface area (Å²) < 4.78 is 0. The summed E-state index contributed by atoms with van der Waals surface area (Å²) in [5.41, 5.74) is 26.8. The summed E-state index contributed by atoms with van der Waals surface area (Å²) in [6.45, 7) is 14.6. The molecule has 0 N–H and O–H groups in total. The molecule has 12 aromatic carbocycles. The first-order valence-corrected chi connectivity index (χ1v) is 28.5. The van der Waals surface area contributed by atoms with Gasteiger partial charge in [-0.05, 0) is 183 Å². The largest absolute Gasteiger partial charge is 0.310 e. The molecule has 0 heterocycles. The molecule has 2 atom stereocenters. The molecule has 2 unspecified atom stereocenters. The van der Waals surface area contributed by atoms with Crippen molar-refractivity contribution < 1.29 is 0 Å². The smallest absolute Gasteiger partial charge is 0.0468 e. The zero-order valence-electron chi connectivity index (χ0n) is 46.1. The molecule has 0 saturated heterocycles. The third-order valence-electron chi connectivity index (χ3n) is 19.7. The van der Waals surface area contributed by atoms with Crippen LogP contribution in [0.25, 0.3) is 66.1 Å². The molecule has 80 heavy (non-hydrogen) atoms. The van der Waals surface area contributed by atoms with Gasteiger partial charge in [0.1, 0.15) is 0 Å². The maximum atomic E-state index is 2.55. The number of fused-ring (bicyclic) bond motifs is 14. The number of hydrogen-bond acceptors (Lipinski definition) is 2. The minimum absolute atomic E-state index is 0.154. The quantitative estimate of drug-likeness (QED) is 0.157. The van der Waals surface area contributed by atoms with Gasteiger partial charge in [-0.25, -0.2) is 0 Å². The highest BCUT2D eigenvalue weighted by Crippen LogP contribution is 2.66. The maximum Gasteiger partial charge on any atom is 0.0468 e. The molecule has 16 rings (SSSR count). The van der Waals surface area contributed by atoms with Gasteiger partial charge >= 0.3 is 0 Å². The summed E-state index contributed by atoms with van der Waals surface area (Å²) in [6.07, 6.45) is 0. The van der Waals surface area contributed by atoms with Gasteiger partial charge in [0.2, 0.25) is 0 Å². The molecular formula is C78H60N2. The lowest BCUT2D eigenvalue weighted by Gasteiger charge is -2.45. The summed E-state index contributed by atoms with van der Waals surface area (Å²) in [6, 6.07) is 96.9. The standard InChI is InChI=1S/C78H60N2/c1-75(2)67-27-15-11-23-59(67)63-39-35-55(45-71(63)75)79(53-33-31-49-19-7-9-21-51(49)43-53)57-37-41-65-61-25-13-17-29-69(61)77(5,73(65)47-57)78(6)70-30-18-14-26-62(70)66-42-38-58(48-74(66)78)80(54-34-32-50-20-8-10-22-52(50)44-54)56-36-40-64-60-24-12-16-28-68(60)76(3,4)72(64)46-56/h7-48H,1-6H3. The molecule has 0 aliphatic heterocycles. The second-order valence-corrected chi connectivity index (χ2v) is 24.3. The lowest BCUT2D eigenvalue weighted by molar-refractivity contribution is 0.376. The van der Waals surface area contributed by atoms with Gasteiger partial charge in [0.05, 0.1) is 0 Å². The predicted octanol–water partition coefficient (Wildman–Crippen LogP) is 20.8. The predicted molar refractivity (Wildman–Crippen MR) is 336 cm³/mol. The van der Waals surface area contributed by atoms with Crippen molar-refractivity contribution in [3.05, 3.63) is 299 Å². The summed E-state index contributed by atoms with van der Waals surface area (Å²) >= 11 is 0. The Balaban J connectivity index is 0.907. The van der Waals surface area contributed by atoms with E-state index in [1.54, 1.807) is 0 Å². The first-order chi connectivity index (χ1) is 38.9. The van der Waals surface area contributed by atoms with Crippen molar-refractivity contribution in [1.82, 2.24) is 0 Å². The molecule has 0 radical (unpaired) electrons. The van der Waals surface area contributed by atoms with Crippen LogP contribution in [0.15, 0.2) is 255 Å². The van der Waals surface area contributed by atoms with Crippen molar-refractivity contribution in [2.75, 3.05) is 9.80 Å². The monoisotopic (exact) mass is 1020 g/mol. The maximum absolute atomic E-state index is 2.55. The second-order valence-electron chi connectivity index (χ2n) is 24.3. The van der Waals surface area contributed by atoms with E-state index in [1.807, 2.05) is 0 Å². The van der Waals surface area contributed by atoms with E-state index in [0.29, 0.717) is 0 Å². The van der Waals surface area contributed by atoms with Crippen LogP contribution in [0.1, 0.15) is 86.1 Å². The van der Waals surface area contributed by atoms with Gasteiger partial charge in [-0.15, -0.1) is 0 Å². The number of nitrogens with zero attached hydrogens (tertiary/aromatic N) is 2. The molecule has 0 saturated carbocycles. The van der Waals surface area contributed by atoms with E-state index in [9.17, 15) is 0 Å².